The lowest BCUT2D eigenvalue weighted by molar-refractivity contribution is 0.585. The van der Waals surface area contributed by atoms with Crippen LogP contribution in [0, 0.1) is 11.6 Å². The van der Waals surface area contributed by atoms with E-state index in [1.165, 1.54) is 23.5 Å². The molecule has 0 radical (unpaired) electrons. The third-order valence-electron chi connectivity index (χ3n) is 2.01. The highest BCUT2D eigenvalue weighted by Gasteiger charge is 2.04. The second kappa shape index (κ2) is 4.80. The van der Waals surface area contributed by atoms with E-state index in [2.05, 4.69) is 5.32 Å². The molecule has 1 N–H and O–H groups in total. The maximum absolute atomic E-state index is 13.2. The van der Waals surface area contributed by atoms with Crippen LogP contribution in [0.2, 0.25) is 4.34 Å². The van der Waals surface area contributed by atoms with Gasteiger partial charge < -0.3 is 5.32 Å². The second-order valence-electron chi connectivity index (χ2n) is 3.18. The van der Waals surface area contributed by atoms with Crippen molar-refractivity contribution in [2.24, 2.45) is 0 Å². The van der Waals surface area contributed by atoms with Crippen LogP contribution in [-0.2, 0) is 6.54 Å². The van der Waals surface area contributed by atoms with Crippen molar-refractivity contribution in [2.45, 2.75) is 6.54 Å². The first kappa shape index (κ1) is 11.4. The molecule has 1 aromatic heterocycles. The average molecular weight is 260 g/mol. The molecule has 0 atom stereocenters. The summed E-state index contributed by atoms with van der Waals surface area (Å²) in [6, 6.07) is 7.09. The Morgan fingerprint density at radius 1 is 1.19 bits per heavy atom. The highest BCUT2D eigenvalue weighted by atomic mass is 35.5. The fourth-order valence-electron chi connectivity index (χ4n) is 1.26. The monoisotopic (exact) mass is 259 g/mol. The fourth-order valence-corrected chi connectivity index (χ4v) is 2.29. The molecule has 2 aromatic rings. The predicted octanol–water partition coefficient (Wildman–Crippen LogP) is 4.29. The van der Waals surface area contributed by atoms with E-state index in [4.69, 9.17) is 11.6 Å². The van der Waals surface area contributed by atoms with Crippen LogP contribution in [0.1, 0.15) is 4.88 Å². The van der Waals surface area contributed by atoms with Crippen molar-refractivity contribution in [3.05, 3.63) is 51.2 Å². The molecule has 0 aliphatic carbocycles. The van der Waals surface area contributed by atoms with Gasteiger partial charge in [-0.25, -0.2) is 8.78 Å². The first-order chi connectivity index (χ1) is 7.65. The van der Waals surface area contributed by atoms with E-state index in [0.29, 0.717) is 10.9 Å². The molecule has 1 aromatic carbocycles. The SMILES string of the molecule is Fc1ccc(NCc2ccc(Cl)s2)c(F)c1. The third kappa shape index (κ3) is 2.71. The van der Waals surface area contributed by atoms with E-state index in [0.717, 1.165) is 10.9 Å². The van der Waals surface area contributed by atoms with Gasteiger partial charge in [0.05, 0.1) is 10.0 Å². The zero-order chi connectivity index (χ0) is 11.5. The number of benzene rings is 1. The lowest BCUT2D eigenvalue weighted by Gasteiger charge is -2.05. The lowest BCUT2D eigenvalue weighted by atomic mass is 10.3. The summed E-state index contributed by atoms with van der Waals surface area (Å²) in [6.07, 6.45) is 0. The first-order valence-corrected chi connectivity index (χ1v) is 5.78. The van der Waals surface area contributed by atoms with Crippen molar-refractivity contribution >= 4 is 28.6 Å². The van der Waals surface area contributed by atoms with E-state index < -0.39 is 11.6 Å². The molecule has 5 heteroatoms. The van der Waals surface area contributed by atoms with Gasteiger partial charge in [0.1, 0.15) is 11.6 Å². The Bertz CT molecular complexity index is 498. The zero-order valence-corrected chi connectivity index (χ0v) is 9.71. The minimum Gasteiger partial charge on any atom is -0.378 e. The van der Waals surface area contributed by atoms with Gasteiger partial charge in [0.2, 0.25) is 0 Å². The van der Waals surface area contributed by atoms with Crippen LogP contribution in [0.15, 0.2) is 30.3 Å². The van der Waals surface area contributed by atoms with Crippen molar-refractivity contribution in [3.63, 3.8) is 0 Å². The van der Waals surface area contributed by atoms with Crippen LogP contribution >= 0.6 is 22.9 Å². The highest BCUT2D eigenvalue weighted by Crippen LogP contribution is 2.23. The molecule has 0 saturated carbocycles. The van der Waals surface area contributed by atoms with Crippen LogP contribution in [0.3, 0.4) is 0 Å². The molecule has 0 saturated heterocycles. The summed E-state index contributed by atoms with van der Waals surface area (Å²) in [5.74, 6) is -1.18. The fraction of sp³-hybridized carbons (Fsp3) is 0.0909. The van der Waals surface area contributed by atoms with Crippen molar-refractivity contribution < 1.29 is 8.78 Å². The van der Waals surface area contributed by atoms with Crippen LogP contribution in [0.25, 0.3) is 0 Å². The lowest BCUT2D eigenvalue weighted by Crippen LogP contribution is -1.99. The summed E-state index contributed by atoms with van der Waals surface area (Å²) in [4.78, 5) is 0.994. The standard InChI is InChI=1S/C11H8ClF2NS/c12-11-4-2-8(16-11)6-15-10-3-1-7(13)5-9(10)14/h1-5,15H,6H2. The average Bonchev–Trinajstić information content (AvgIpc) is 2.63. The molecule has 84 valence electrons. The smallest absolute Gasteiger partial charge is 0.149 e. The second-order valence-corrected chi connectivity index (χ2v) is 4.98. The van der Waals surface area contributed by atoms with Gasteiger partial charge in [0, 0.05) is 17.5 Å². The quantitative estimate of drug-likeness (QED) is 0.867. The van der Waals surface area contributed by atoms with E-state index in [-0.39, 0.29) is 5.69 Å². The Labute approximate surface area is 101 Å². The molecule has 2 rings (SSSR count). The highest BCUT2D eigenvalue weighted by molar-refractivity contribution is 7.16. The topological polar surface area (TPSA) is 12.0 Å². The molecular formula is C11H8ClF2NS. The molecule has 0 amide bonds. The van der Waals surface area contributed by atoms with E-state index >= 15 is 0 Å². The molecule has 0 fully saturated rings. The Hall–Kier alpha value is -1.13. The number of hydrogen-bond acceptors (Lipinski definition) is 2. The number of nitrogens with one attached hydrogen (secondary N) is 1. The Morgan fingerprint density at radius 2 is 2.00 bits per heavy atom. The van der Waals surface area contributed by atoms with Gasteiger partial charge in [-0.15, -0.1) is 11.3 Å². The number of rotatable bonds is 3. The van der Waals surface area contributed by atoms with Crippen molar-refractivity contribution in [1.29, 1.82) is 0 Å². The first-order valence-electron chi connectivity index (χ1n) is 4.58. The molecule has 16 heavy (non-hydrogen) atoms. The summed E-state index contributed by atoms with van der Waals surface area (Å²) < 4.78 is 26.6. The Morgan fingerprint density at radius 3 is 2.62 bits per heavy atom. The van der Waals surface area contributed by atoms with Crippen LogP contribution in [0.5, 0.6) is 0 Å². The van der Waals surface area contributed by atoms with Gasteiger partial charge in [-0.1, -0.05) is 11.6 Å². The zero-order valence-electron chi connectivity index (χ0n) is 8.14. The molecule has 0 unspecified atom stereocenters. The summed E-state index contributed by atoms with van der Waals surface area (Å²) in [7, 11) is 0. The van der Waals surface area contributed by atoms with Gasteiger partial charge in [0.25, 0.3) is 0 Å². The van der Waals surface area contributed by atoms with Crippen molar-refractivity contribution in [1.82, 2.24) is 0 Å². The molecular weight excluding hydrogens is 252 g/mol. The number of halogens is 3. The normalized spacial score (nSPS) is 10.4. The summed E-state index contributed by atoms with van der Waals surface area (Å²) in [5.41, 5.74) is 0.283. The van der Waals surface area contributed by atoms with Crippen LogP contribution in [0.4, 0.5) is 14.5 Å². The van der Waals surface area contributed by atoms with Gasteiger partial charge >= 0.3 is 0 Å². The third-order valence-corrected chi connectivity index (χ3v) is 3.24. The largest absolute Gasteiger partial charge is 0.378 e. The van der Waals surface area contributed by atoms with E-state index in [1.807, 2.05) is 6.07 Å². The van der Waals surface area contributed by atoms with E-state index in [1.54, 1.807) is 6.07 Å². The molecule has 0 bridgehead atoms. The van der Waals surface area contributed by atoms with Gasteiger partial charge in [0.15, 0.2) is 0 Å². The summed E-state index contributed by atoms with van der Waals surface area (Å²) in [6.45, 7) is 0.472. The van der Waals surface area contributed by atoms with E-state index in [9.17, 15) is 8.78 Å². The maximum atomic E-state index is 13.2. The van der Waals surface area contributed by atoms with Gasteiger partial charge in [-0.05, 0) is 24.3 Å². The van der Waals surface area contributed by atoms with Gasteiger partial charge in [-0.3, -0.25) is 0 Å². The number of hydrogen-bond donors (Lipinski definition) is 1. The minimum atomic E-state index is -0.595. The van der Waals surface area contributed by atoms with Crippen LogP contribution in [-0.4, -0.2) is 0 Å². The Balaban J connectivity index is 2.04. The van der Waals surface area contributed by atoms with Crippen molar-refractivity contribution in [2.75, 3.05) is 5.32 Å². The number of thiophene rings is 1. The Kier molecular flexibility index (Phi) is 3.41. The molecule has 0 aliphatic heterocycles. The molecule has 1 nitrogen and oxygen atoms in total. The van der Waals surface area contributed by atoms with Crippen LogP contribution < -0.4 is 5.32 Å². The van der Waals surface area contributed by atoms with Crippen molar-refractivity contribution in [3.8, 4) is 0 Å². The predicted molar refractivity (Wildman–Crippen MR) is 63.0 cm³/mol. The summed E-state index contributed by atoms with van der Waals surface area (Å²) in [5, 5.41) is 2.88. The maximum Gasteiger partial charge on any atom is 0.149 e. The molecule has 0 aliphatic rings. The van der Waals surface area contributed by atoms with Gasteiger partial charge in [-0.2, -0.15) is 0 Å². The number of anilines is 1. The summed E-state index contributed by atoms with van der Waals surface area (Å²) >= 11 is 7.18. The molecule has 0 spiro atoms. The molecule has 1 heterocycles. The minimum absolute atomic E-state index is 0.283.